The molecule has 1 aromatic rings. The maximum Gasteiger partial charge on any atom is 0.407 e. The number of hydrogen-bond acceptors (Lipinski definition) is 5. The zero-order valence-electron chi connectivity index (χ0n) is 9.85. The Bertz CT molecular complexity index is 422. The van der Waals surface area contributed by atoms with Crippen molar-refractivity contribution in [1.29, 1.82) is 0 Å². The van der Waals surface area contributed by atoms with Crippen molar-refractivity contribution in [1.82, 2.24) is 5.32 Å². The summed E-state index contributed by atoms with van der Waals surface area (Å²) in [6, 6.07) is 3.02. The van der Waals surface area contributed by atoms with Crippen LogP contribution in [-0.4, -0.2) is 16.6 Å². The van der Waals surface area contributed by atoms with Crippen LogP contribution in [0.25, 0.3) is 0 Å². The minimum atomic E-state index is -0.550. The summed E-state index contributed by atoms with van der Waals surface area (Å²) in [6.07, 6.45) is -0.534. The summed E-state index contributed by atoms with van der Waals surface area (Å²) in [6.45, 7) is 5.53. The lowest BCUT2D eigenvalue weighted by atomic mass is 10.2. The third-order valence-electron chi connectivity index (χ3n) is 1.63. The van der Waals surface area contributed by atoms with E-state index in [1.54, 1.807) is 26.8 Å². The van der Waals surface area contributed by atoms with Crippen LogP contribution < -0.4 is 5.32 Å². The topological polar surface area (TPSA) is 81.5 Å². The summed E-state index contributed by atoms with van der Waals surface area (Å²) < 4.78 is 5.03. The molecular formula is C10H14N2O4S. The zero-order chi connectivity index (χ0) is 13.1. The molecule has 0 bridgehead atoms. The van der Waals surface area contributed by atoms with Crippen LogP contribution in [0.5, 0.6) is 0 Å². The molecule has 0 aliphatic rings. The van der Waals surface area contributed by atoms with E-state index in [0.717, 1.165) is 11.3 Å². The first-order valence-electron chi connectivity index (χ1n) is 4.98. The molecule has 1 aromatic heterocycles. The molecule has 94 valence electrons. The van der Waals surface area contributed by atoms with Gasteiger partial charge in [0.15, 0.2) is 0 Å². The second-order valence-corrected chi connectivity index (χ2v) is 5.50. The molecule has 0 radical (unpaired) electrons. The van der Waals surface area contributed by atoms with Gasteiger partial charge in [-0.1, -0.05) is 11.3 Å². The number of thiophene rings is 1. The van der Waals surface area contributed by atoms with Gasteiger partial charge in [-0.25, -0.2) is 4.79 Å². The van der Waals surface area contributed by atoms with Crippen LogP contribution in [0.1, 0.15) is 25.6 Å². The van der Waals surface area contributed by atoms with Gasteiger partial charge in [0.05, 0.1) is 11.5 Å². The number of nitrogens with zero attached hydrogens (tertiary/aromatic N) is 1. The standard InChI is InChI=1S/C10H14N2O4S/c1-10(2,3)16-9(13)11-6-7-4-5-8(17-7)12(14)15/h4-5H,6H2,1-3H3,(H,11,13). The van der Waals surface area contributed by atoms with Gasteiger partial charge >= 0.3 is 11.1 Å². The third-order valence-corrected chi connectivity index (χ3v) is 2.67. The average Bonchev–Trinajstić information content (AvgIpc) is 2.60. The first-order valence-corrected chi connectivity index (χ1v) is 5.79. The van der Waals surface area contributed by atoms with Gasteiger partial charge in [0.1, 0.15) is 5.60 Å². The highest BCUT2D eigenvalue weighted by atomic mass is 32.1. The average molecular weight is 258 g/mol. The molecule has 0 atom stereocenters. The Labute approximate surface area is 103 Å². The largest absolute Gasteiger partial charge is 0.444 e. The molecule has 1 heterocycles. The number of carbonyl (C=O) groups excluding carboxylic acids is 1. The molecule has 7 heteroatoms. The van der Waals surface area contributed by atoms with Gasteiger partial charge in [0, 0.05) is 10.9 Å². The van der Waals surface area contributed by atoms with Crippen LogP contribution in [-0.2, 0) is 11.3 Å². The maximum atomic E-state index is 11.3. The highest BCUT2D eigenvalue weighted by molar-refractivity contribution is 7.15. The lowest BCUT2D eigenvalue weighted by Gasteiger charge is -2.19. The number of nitro groups is 1. The van der Waals surface area contributed by atoms with E-state index >= 15 is 0 Å². The first kappa shape index (κ1) is 13.4. The minimum absolute atomic E-state index is 0.0611. The Morgan fingerprint density at radius 3 is 2.65 bits per heavy atom. The fourth-order valence-electron chi connectivity index (χ4n) is 1.03. The predicted molar refractivity (Wildman–Crippen MR) is 64.0 cm³/mol. The van der Waals surface area contributed by atoms with Gasteiger partial charge in [-0.15, -0.1) is 0 Å². The lowest BCUT2D eigenvalue weighted by molar-refractivity contribution is -0.380. The number of nitrogens with one attached hydrogen (secondary N) is 1. The van der Waals surface area contributed by atoms with Crippen molar-refractivity contribution in [3.8, 4) is 0 Å². The SMILES string of the molecule is CC(C)(C)OC(=O)NCc1ccc([N+](=O)[O-])s1. The molecule has 1 N–H and O–H groups in total. The van der Waals surface area contributed by atoms with E-state index in [2.05, 4.69) is 5.32 Å². The van der Waals surface area contributed by atoms with Crippen molar-refractivity contribution in [3.05, 3.63) is 27.1 Å². The van der Waals surface area contributed by atoms with Crippen molar-refractivity contribution in [2.45, 2.75) is 32.9 Å². The summed E-state index contributed by atoms with van der Waals surface area (Å²) in [5.74, 6) is 0. The molecular weight excluding hydrogens is 244 g/mol. The molecule has 0 unspecified atom stereocenters. The summed E-state index contributed by atoms with van der Waals surface area (Å²) >= 11 is 1.03. The number of ether oxygens (including phenoxy) is 1. The Morgan fingerprint density at radius 2 is 2.18 bits per heavy atom. The molecule has 0 aromatic carbocycles. The Morgan fingerprint density at radius 1 is 1.53 bits per heavy atom. The highest BCUT2D eigenvalue weighted by Crippen LogP contribution is 2.23. The van der Waals surface area contributed by atoms with Crippen molar-refractivity contribution in [3.63, 3.8) is 0 Å². The molecule has 1 rings (SSSR count). The molecule has 0 saturated heterocycles. The number of hydrogen-bond donors (Lipinski definition) is 1. The molecule has 0 saturated carbocycles. The normalized spacial score (nSPS) is 11.0. The number of alkyl carbamates (subject to hydrolysis) is 1. The van der Waals surface area contributed by atoms with Crippen LogP contribution in [0.4, 0.5) is 9.80 Å². The quantitative estimate of drug-likeness (QED) is 0.667. The minimum Gasteiger partial charge on any atom is -0.444 e. The number of amides is 1. The van der Waals surface area contributed by atoms with Crippen LogP contribution >= 0.6 is 11.3 Å². The molecule has 0 fully saturated rings. The van der Waals surface area contributed by atoms with Crippen LogP contribution in [0.2, 0.25) is 0 Å². The third kappa shape index (κ3) is 4.81. The van der Waals surface area contributed by atoms with E-state index in [9.17, 15) is 14.9 Å². The van der Waals surface area contributed by atoms with Crippen molar-refractivity contribution in [2.24, 2.45) is 0 Å². The predicted octanol–water partition coefficient (Wildman–Crippen LogP) is 2.68. The summed E-state index contributed by atoms with van der Waals surface area (Å²) in [4.78, 5) is 22.0. The highest BCUT2D eigenvalue weighted by Gasteiger charge is 2.16. The van der Waals surface area contributed by atoms with Crippen molar-refractivity contribution < 1.29 is 14.5 Å². The molecule has 0 aliphatic heterocycles. The van der Waals surface area contributed by atoms with E-state index in [1.165, 1.54) is 6.07 Å². The number of carbonyl (C=O) groups is 1. The number of rotatable bonds is 3. The summed E-state index contributed by atoms with van der Waals surface area (Å²) in [5.41, 5.74) is -0.550. The van der Waals surface area contributed by atoms with E-state index in [1.807, 2.05) is 0 Å². The fraction of sp³-hybridized carbons (Fsp3) is 0.500. The van der Waals surface area contributed by atoms with Crippen LogP contribution in [0, 0.1) is 10.1 Å². The molecule has 0 spiro atoms. The van der Waals surface area contributed by atoms with Crippen molar-refractivity contribution in [2.75, 3.05) is 0 Å². The molecule has 17 heavy (non-hydrogen) atoms. The zero-order valence-corrected chi connectivity index (χ0v) is 10.7. The second-order valence-electron chi connectivity index (χ2n) is 4.35. The van der Waals surface area contributed by atoms with E-state index in [-0.39, 0.29) is 11.5 Å². The summed E-state index contributed by atoms with van der Waals surface area (Å²) in [5, 5.41) is 13.0. The van der Waals surface area contributed by atoms with Crippen molar-refractivity contribution >= 4 is 22.4 Å². The van der Waals surface area contributed by atoms with Gasteiger partial charge in [-0.2, -0.15) is 0 Å². The van der Waals surface area contributed by atoms with Crippen LogP contribution in [0.3, 0.4) is 0 Å². The molecule has 0 aliphatic carbocycles. The Hall–Kier alpha value is -1.63. The van der Waals surface area contributed by atoms with Gasteiger partial charge in [0.2, 0.25) is 0 Å². The Kier molecular flexibility index (Phi) is 4.06. The maximum absolute atomic E-state index is 11.3. The first-order chi connectivity index (χ1) is 7.78. The van der Waals surface area contributed by atoms with E-state index < -0.39 is 16.6 Å². The summed E-state index contributed by atoms with van der Waals surface area (Å²) in [7, 11) is 0. The van der Waals surface area contributed by atoms with Gasteiger partial charge in [-0.05, 0) is 26.8 Å². The van der Waals surface area contributed by atoms with Gasteiger partial charge in [-0.3, -0.25) is 10.1 Å². The van der Waals surface area contributed by atoms with Gasteiger partial charge in [0.25, 0.3) is 0 Å². The monoisotopic (exact) mass is 258 g/mol. The fourth-order valence-corrected chi connectivity index (χ4v) is 1.79. The van der Waals surface area contributed by atoms with Gasteiger partial charge < -0.3 is 10.1 Å². The lowest BCUT2D eigenvalue weighted by Crippen LogP contribution is -2.31. The second kappa shape index (κ2) is 5.13. The Balaban J connectivity index is 2.45. The van der Waals surface area contributed by atoms with E-state index in [4.69, 9.17) is 4.74 Å². The molecule has 6 nitrogen and oxygen atoms in total. The smallest absolute Gasteiger partial charge is 0.407 e. The van der Waals surface area contributed by atoms with Crippen LogP contribution in [0.15, 0.2) is 12.1 Å². The molecule has 1 amide bonds. The van der Waals surface area contributed by atoms with E-state index in [0.29, 0.717) is 4.88 Å².